The van der Waals surface area contributed by atoms with E-state index < -0.39 is 11.6 Å². The maximum Gasteiger partial charge on any atom is 0.243 e. The first-order valence-corrected chi connectivity index (χ1v) is 7.25. The van der Waals surface area contributed by atoms with Crippen molar-refractivity contribution in [2.45, 2.75) is 25.3 Å². The number of amides is 1. The van der Waals surface area contributed by atoms with Crippen molar-refractivity contribution in [3.05, 3.63) is 23.8 Å². The van der Waals surface area contributed by atoms with Gasteiger partial charge in [-0.05, 0) is 25.5 Å². The average molecular weight is 297 g/mol. The molecule has 4 nitrogen and oxygen atoms in total. The summed E-state index contributed by atoms with van der Waals surface area (Å²) in [6, 6.07) is 1.91. The molecular formula is C13H13F2N3OS. The lowest BCUT2D eigenvalue weighted by molar-refractivity contribution is -0.118. The molecule has 1 aliphatic rings. The van der Waals surface area contributed by atoms with Gasteiger partial charge in [0, 0.05) is 6.07 Å². The van der Waals surface area contributed by atoms with Gasteiger partial charge in [0.05, 0.1) is 16.3 Å². The summed E-state index contributed by atoms with van der Waals surface area (Å²) in [5.74, 6) is -1.99. The second-order valence-electron chi connectivity index (χ2n) is 4.74. The fourth-order valence-electron chi connectivity index (χ4n) is 2.25. The molecule has 1 aromatic heterocycles. The van der Waals surface area contributed by atoms with Crippen LogP contribution < -0.4 is 10.6 Å². The lowest BCUT2D eigenvalue weighted by Crippen LogP contribution is -2.43. The van der Waals surface area contributed by atoms with E-state index in [0.29, 0.717) is 15.3 Å². The predicted molar refractivity (Wildman–Crippen MR) is 73.8 cm³/mol. The van der Waals surface area contributed by atoms with Crippen LogP contribution in [0.3, 0.4) is 0 Å². The first-order chi connectivity index (χ1) is 9.63. The van der Waals surface area contributed by atoms with Gasteiger partial charge in [0.25, 0.3) is 0 Å². The largest absolute Gasteiger partial charge is 0.306 e. The van der Waals surface area contributed by atoms with Crippen LogP contribution >= 0.6 is 11.3 Å². The van der Waals surface area contributed by atoms with Crippen LogP contribution in [0.1, 0.15) is 19.3 Å². The fraction of sp³-hybridized carbons (Fsp3) is 0.385. The maximum atomic E-state index is 13.1. The molecule has 2 aromatic rings. The molecule has 7 heteroatoms. The molecule has 0 spiro atoms. The number of aromatic nitrogens is 1. The SMILES string of the molecule is O=C(Nc1nc2cc(F)c(F)cc2s1)[C@@H]1CCCCN1. The molecule has 1 fully saturated rings. The Bertz CT molecular complexity index is 613. The minimum absolute atomic E-state index is 0.148. The highest BCUT2D eigenvalue weighted by Crippen LogP contribution is 2.28. The molecule has 1 aromatic carbocycles. The number of benzene rings is 1. The molecule has 1 atom stereocenters. The molecule has 2 heterocycles. The highest BCUT2D eigenvalue weighted by atomic mass is 32.1. The Morgan fingerprint density at radius 3 is 2.90 bits per heavy atom. The van der Waals surface area contributed by atoms with E-state index in [1.807, 2.05) is 0 Å². The van der Waals surface area contributed by atoms with Crippen LogP contribution in [-0.4, -0.2) is 23.5 Å². The molecule has 106 valence electrons. The minimum Gasteiger partial charge on any atom is -0.306 e. The van der Waals surface area contributed by atoms with Crippen molar-refractivity contribution in [1.29, 1.82) is 0 Å². The van der Waals surface area contributed by atoms with Crippen molar-refractivity contribution in [2.75, 3.05) is 11.9 Å². The van der Waals surface area contributed by atoms with Crippen molar-refractivity contribution in [3.8, 4) is 0 Å². The first kappa shape index (κ1) is 13.4. The molecule has 0 saturated carbocycles. The fourth-order valence-corrected chi connectivity index (χ4v) is 3.12. The number of nitrogens with zero attached hydrogens (tertiary/aromatic N) is 1. The average Bonchev–Trinajstić information content (AvgIpc) is 2.81. The maximum absolute atomic E-state index is 13.1. The van der Waals surface area contributed by atoms with Crippen molar-refractivity contribution in [1.82, 2.24) is 10.3 Å². The highest BCUT2D eigenvalue weighted by molar-refractivity contribution is 7.22. The van der Waals surface area contributed by atoms with E-state index in [-0.39, 0.29) is 11.9 Å². The van der Waals surface area contributed by atoms with E-state index in [0.717, 1.165) is 49.3 Å². The number of hydrogen-bond acceptors (Lipinski definition) is 4. The molecule has 0 unspecified atom stereocenters. The highest BCUT2D eigenvalue weighted by Gasteiger charge is 2.21. The molecule has 1 aliphatic heterocycles. The van der Waals surface area contributed by atoms with Crippen LogP contribution in [0.25, 0.3) is 10.2 Å². The standard InChI is InChI=1S/C13H13F2N3OS/c14-7-5-10-11(6-8(7)15)20-13(17-10)18-12(19)9-3-1-2-4-16-9/h5-6,9,16H,1-4H2,(H,17,18,19)/t9-/m0/s1. The summed E-state index contributed by atoms with van der Waals surface area (Å²) in [7, 11) is 0. The van der Waals surface area contributed by atoms with Gasteiger partial charge < -0.3 is 10.6 Å². The number of nitrogens with one attached hydrogen (secondary N) is 2. The Hall–Kier alpha value is -1.60. The number of anilines is 1. The van der Waals surface area contributed by atoms with Gasteiger partial charge in [-0.25, -0.2) is 13.8 Å². The molecule has 3 rings (SSSR count). The number of carbonyl (C=O) groups is 1. The number of rotatable bonds is 2. The Balaban J connectivity index is 1.78. The molecule has 2 N–H and O–H groups in total. The van der Waals surface area contributed by atoms with Crippen molar-refractivity contribution >= 4 is 32.6 Å². The summed E-state index contributed by atoms with van der Waals surface area (Å²) in [6.45, 7) is 0.828. The summed E-state index contributed by atoms with van der Waals surface area (Å²) >= 11 is 1.13. The summed E-state index contributed by atoms with van der Waals surface area (Å²) in [4.78, 5) is 16.1. The van der Waals surface area contributed by atoms with Gasteiger partial charge in [-0.2, -0.15) is 0 Å². The number of halogens is 2. The third-order valence-electron chi connectivity index (χ3n) is 3.29. The van der Waals surface area contributed by atoms with Crippen LogP contribution in [0, 0.1) is 11.6 Å². The molecule has 0 radical (unpaired) electrons. The summed E-state index contributed by atoms with van der Waals surface area (Å²) in [5, 5.41) is 6.20. The number of carbonyl (C=O) groups excluding carboxylic acids is 1. The Morgan fingerprint density at radius 2 is 2.15 bits per heavy atom. The van der Waals surface area contributed by atoms with Gasteiger partial charge in [0.2, 0.25) is 5.91 Å². The van der Waals surface area contributed by atoms with Gasteiger partial charge in [-0.1, -0.05) is 17.8 Å². The number of piperidine rings is 1. The predicted octanol–water partition coefficient (Wildman–Crippen LogP) is 2.66. The monoisotopic (exact) mass is 297 g/mol. The van der Waals surface area contributed by atoms with E-state index >= 15 is 0 Å². The zero-order valence-electron chi connectivity index (χ0n) is 10.6. The second-order valence-corrected chi connectivity index (χ2v) is 5.78. The van der Waals surface area contributed by atoms with E-state index in [4.69, 9.17) is 0 Å². The normalized spacial score (nSPS) is 19.2. The van der Waals surface area contributed by atoms with Crippen LogP contribution in [-0.2, 0) is 4.79 Å². The molecule has 1 saturated heterocycles. The molecule has 20 heavy (non-hydrogen) atoms. The van der Waals surface area contributed by atoms with Crippen molar-refractivity contribution < 1.29 is 13.6 Å². The van der Waals surface area contributed by atoms with Gasteiger partial charge in [-0.3, -0.25) is 4.79 Å². The van der Waals surface area contributed by atoms with Crippen LogP contribution in [0.4, 0.5) is 13.9 Å². The first-order valence-electron chi connectivity index (χ1n) is 6.43. The Kier molecular flexibility index (Phi) is 3.62. The number of fused-ring (bicyclic) bond motifs is 1. The van der Waals surface area contributed by atoms with Crippen molar-refractivity contribution in [2.24, 2.45) is 0 Å². The third-order valence-corrected chi connectivity index (χ3v) is 4.22. The number of thiazole rings is 1. The molecule has 0 aliphatic carbocycles. The van der Waals surface area contributed by atoms with E-state index in [1.54, 1.807) is 0 Å². The van der Waals surface area contributed by atoms with Gasteiger partial charge in [0.1, 0.15) is 0 Å². The summed E-state index contributed by atoms with van der Waals surface area (Å²) < 4.78 is 26.7. The van der Waals surface area contributed by atoms with E-state index in [1.165, 1.54) is 0 Å². The van der Waals surface area contributed by atoms with Crippen molar-refractivity contribution in [3.63, 3.8) is 0 Å². The Labute approximate surface area is 118 Å². The third kappa shape index (κ3) is 2.64. The van der Waals surface area contributed by atoms with Crippen LogP contribution in [0.15, 0.2) is 12.1 Å². The van der Waals surface area contributed by atoms with Gasteiger partial charge >= 0.3 is 0 Å². The van der Waals surface area contributed by atoms with Crippen LogP contribution in [0.2, 0.25) is 0 Å². The minimum atomic E-state index is -0.936. The lowest BCUT2D eigenvalue weighted by atomic mass is 10.0. The van der Waals surface area contributed by atoms with Crippen LogP contribution in [0.5, 0.6) is 0 Å². The molecular weight excluding hydrogens is 284 g/mol. The zero-order chi connectivity index (χ0) is 14.1. The smallest absolute Gasteiger partial charge is 0.243 e. The Morgan fingerprint density at radius 1 is 1.35 bits per heavy atom. The van der Waals surface area contributed by atoms with E-state index in [9.17, 15) is 13.6 Å². The zero-order valence-corrected chi connectivity index (χ0v) is 11.4. The number of hydrogen-bond donors (Lipinski definition) is 2. The molecule has 0 bridgehead atoms. The molecule has 1 amide bonds. The second kappa shape index (κ2) is 5.41. The van der Waals surface area contributed by atoms with Gasteiger partial charge in [-0.15, -0.1) is 0 Å². The van der Waals surface area contributed by atoms with Gasteiger partial charge in [0.15, 0.2) is 16.8 Å². The lowest BCUT2D eigenvalue weighted by Gasteiger charge is -2.21. The quantitative estimate of drug-likeness (QED) is 0.896. The van der Waals surface area contributed by atoms with E-state index in [2.05, 4.69) is 15.6 Å². The summed E-state index contributed by atoms with van der Waals surface area (Å²) in [6.07, 6.45) is 2.88. The topological polar surface area (TPSA) is 54.0 Å². The summed E-state index contributed by atoms with van der Waals surface area (Å²) in [5.41, 5.74) is 0.348.